The molecule has 1 saturated heterocycles. The van der Waals surface area contributed by atoms with Crippen molar-refractivity contribution in [1.82, 2.24) is 5.32 Å². The van der Waals surface area contributed by atoms with Crippen LogP contribution in [0.15, 0.2) is 11.4 Å². The van der Waals surface area contributed by atoms with Crippen molar-refractivity contribution in [1.29, 1.82) is 0 Å². The van der Waals surface area contributed by atoms with Gasteiger partial charge in [-0.05, 0) is 18.4 Å². The summed E-state index contributed by atoms with van der Waals surface area (Å²) in [6, 6.07) is 1.64. The first-order valence-corrected chi connectivity index (χ1v) is 6.98. The number of esters is 1. The maximum absolute atomic E-state index is 12.0. The van der Waals surface area contributed by atoms with Crippen LogP contribution in [0.1, 0.15) is 17.3 Å². The van der Waals surface area contributed by atoms with Gasteiger partial charge in [0, 0.05) is 13.1 Å². The second-order valence-corrected chi connectivity index (χ2v) is 4.85. The first-order valence-electron chi connectivity index (χ1n) is 6.10. The molecule has 0 aliphatic carbocycles. The predicted molar refractivity (Wildman–Crippen MR) is 71.5 cm³/mol. The molecule has 1 fully saturated rings. The van der Waals surface area contributed by atoms with E-state index in [1.54, 1.807) is 18.4 Å². The molecule has 2 heterocycles. The van der Waals surface area contributed by atoms with E-state index in [0.29, 0.717) is 30.3 Å². The van der Waals surface area contributed by atoms with Gasteiger partial charge in [-0.3, -0.25) is 4.79 Å². The number of rotatable bonds is 4. The van der Waals surface area contributed by atoms with Crippen molar-refractivity contribution in [2.75, 3.05) is 31.6 Å². The number of hydrogen-bond donors (Lipinski definition) is 2. The fourth-order valence-corrected chi connectivity index (χ4v) is 2.48. The summed E-state index contributed by atoms with van der Waals surface area (Å²) in [5.74, 6) is -0.679. The van der Waals surface area contributed by atoms with Gasteiger partial charge in [-0.15, -0.1) is 11.3 Å². The molecule has 2 N–H and O–H groups in total. The van der Waals surface area contributed by atoms with Gasteiger partial charge < -0.3 is 20.1 Å². The van der Waals surface area contributed by atoms with E-state index in [1.807, 2.05) is 0 Å². The van der Waals surface area contributed by atoms with Gasteiger partial charge in [0.2, 0.25) is 0 Å². The Morgan fingerprint density at radius 1 is 1.63 bits per heavy atom. The molecule has 0 saturated carbocycles. The molecule has 104 valence electrons. The van der Waals surface area contributed by atoms with Crippen LogP contribution >= 0.6 is 11.3 Å². The van der Waals surface area contributed by atoms with Crippen LogP contribution in [0.4, 0.5) is 5.00 Å². The lowest BCUT2D eigenvalue weighted by molar-refractivity contribution is -0.128. The van der Waals surface area contributed by atoms with E-state index in [9.17, 15) is 9.59 Å². The van der Waals surface area contributed by atoms with Crippen molar-refractivity contribution >= 4 is 28.2 Å². The Bertz CT molecular complexity index is 454. The van der Waals surface area contributed by atoms with E-state index < -0.39 is 12.1 Å². The molecule has 2 rings (SSSR count). The molecule has 0 bridgehead atoms. The van der Waals surface area contributed by atoms with Crippen molar-refractivity contribution in [3.8, 4) is 0 Å². The van der Waals surface area contributed by atoms with Crippen molar-refractivity contribution in [2.45, 2.75) is 13.0 Å². The summed E-state index contributed by atoms with van der Waals surface area (Å²) in [5, 5.41) is 8.03. The van der Waals surface area contributed by atoms with Crippen molar-refractivity contribution < 1.29 is 19.1 Å². The van der Waals surface area contributed by atoms with Crippen LogP contribution in [-0.2, 0) is 14.3 Å². The zero-order valence-corrected chi connectivity index (χ0v) is 11.4. The molecule has 0 radical (unpaired) electrons. The molecule has 0 aromatic carbocycles. The molecule has 1 aliphatic heterocycles. The minimum absolute atomic E-state index is 0.250. The minimum atomic E-state index is -0.522. The zero-order chi connectivity index (χ0) is 13.7. The number of nitrogens with one attached hydrogen (secondary N) is 2. The second kappa shape index (κ2) is 6.65. The molecule has 1 aromatic heterocycles. The first kappa shape index (κ1) is 14.0. The smallest absolute Gasteiger partial charge is 0.341 e. The quantitative estimate of drug-likeness (QED) is 0.802. The number of morpholine rings is 1. The molecular weight excluding hydrogens is 268 g/mol. The van der Waals surface area contributed by atoms with Crippen LogP contribution in [0.2, 0.25) is 0 Å². The number of hydrogen-bond acceptors (Lipinski definition) is 6. The maximum atomic E-state index is 12.0. The Kier molecular flexibility index (Phi) is 4.89. The lowest BCUT2D eigenvalue weighted by Gasteiger charge is -2.22. The molecule has 1 aliphatic rings. The van der Waals surface area contributed by atoms with E-state index in [0.717, 1.165) is 6.54 Å². The van der Waals surface area contributed by atoms with Crippen LogP contribution < -0.4 is 10.6 Å². The zero-order valence-electron chi connectivity index (χ0n) is 10.6. The number of thiophene rings is 1. The van der Waals surface area contributed by atoms with Gasteiger partial charge in [-0.1, -0.05) is 0 Å². The molecule has 0 spiro atoms. The number of anilines is 1. The largest absolute Gasteiger partial charge is 0.462 e. The highest BCUT2D eigenvalue weighted by Crippen LogP contribution is 2.24. The average molecular weight is 284 g/mol. The minimum Gasteiger partial charge on any atom is -0.462 e. The third-order valence-corrected chi connectivity index (χ3v) is 3.45. The summed E-state index contributed by atoms with van der Waals surface area (Å²) in [5.41, 5.74) is 0.379. The molecule has 1 amide bonds. The fourth-order valence-electron chi connectivity index (χ4n) is 1.70. The Hall–Kier alpha value is -1.44. The predicted octanol–water partition coefficient (Wildman–Crippen LogP) is 0.852. The van der Waals surface area contributed by atoms with Gasteiger partial charge in [-0.2, -0.15) is 0 Å². The number of amides is 1. The molecule has 19 heavy (non-hydrogen) atoms. The standard InChI is InChI=1S/C12H16N2O4S/c1-2-17-12(16)8-3-6-19-11(8)14-10(15)9-7-13-4-5-18-9/h3,6,9,13H,2,4-5,7H2,1H3,(H,14,15). The summed E-state index contributed by atoms with van der Waals surface area (Å²) in [6.45, 7) is 3.78. The van der Waals surface area contributed by atoms with Crippen LogP contribution in [0, 0.1) is 0 Å². The highest BCUT2D eigenvalue weighted by atomic mass is 32.1. The summed E-state index contributed by atoms with van der Waals surface area (Å²) >= 11 is 1.29. The third kappa shape index (κ3) is 3.52. The van der Waals surface area contributed by atoms with Gasteiger partial charge >= 0.3 is 5.97 Å². The van der Waals surface area contributed by atoms with E-state index in [2.05, 4.69) is 10.6 Å². The maximum Gasteiger partial charge on any atom is 0.341 e. The Balaban J connectivity index is 2.00. The van der Waals surface area contributed by atoms with Crippen molar-refractivity contribution in [3.63, 3.8) is 0 Å². The van der Waals surface area contributed by atoms with E-state index in [1.165, 1.54) is 11.3 Å². The van der Waals surface area contributed by atoms with E-state index >= 15 is 0 Å². The molecule has 1 aromatic rings. The average Bonchev–Trinajstić information content (AvgIpc) is 2.88. The van der Waals surface area contributed by atoms with Crippen LogP contribution in [0.25, 0.3) is 0 Å². The molecule has 1 atom stereocenters. The summed E-state index contributed by atoms with van der Waals surface area (Å²) < 4.78 is 10.3. The normalized spacial score (nSPS) is 18.9. The Morgan fingerprint density at radius 3 is 3.16 bits per heavy atom. The monoisotopic (exact) mass is 284 g/mol. The fraction of sp³-hybridized carbons (Fsp3) is 0.500. The van der Waals surface area contributed by atoms with Gasteiger partial charge in [0.25, 0.3) is 5.91 Å². The second-order valence-electron chi connectivity index (χ2n) is 3.94. The van der Waals surface area contributed by atoms with Gasteiger partial charge in [0.1, 0.15) is 11.1 Å². The number of ether oxygens (including phenoxy) is 2. The van der Waals surface area contributed by atoms with Crippen molar-refractivity contribution in [3.05, 3.63) is 17.0 Å². The number of carbonyl (C=O) groups excluding carboxylic acids is 2. The van der Waals surface area contributed by atoms with E-state index in [4.69, 9.17) is 9.47 Å². The third-order valence-electron chi connectivity index (χ3n) is 2.62. The van der Waals surface area contributed by atoms with Gasteiger partial charge in [-0.25, -0.2) is 4.79 Å². The summed E-state index contributed by atoms with van der Waals surface area (Å²) in [6.07, 6.45) is -0.522. The molecule has 6 nitrogen and oxygen atoms in total. The Morgan fingerprint density at radius 2 is 2.47 bits per heavy atom. The van der Waals surface area contributed by atoms with Crippen LogP contribution in [0.3, 0.4) is 0 Å². The molecular formula is C12H16N2O4S. The summed E-state index contributed by atoms with van der Waals surface area (Å²) in [4.78, 5) is 23.7. The highest BCUT2D eigenvalue weighted by Gasteiger charge is 2.24. The lowest BCUT2D eigenvalue weighted by Crippen LogP contribution is -2.45. The first-order chi connectivity index (χ1) is 9.22. The molecule has 7 heteroatoms. The summed E-state index contributed by atoms with van der Waals surface area (Å²) in [7, 11) is 0. The van der Waals surface area contributed by atoms with Crippen LogP contribution in [-0.4, -0.2) is 44.3 Å². The van der Waals surface area contributed by atoms with Gasteiger partial charge in [0.05, 0.1) is 18.8 Å². The molecule has 1 unspecified atom stereocenters. The Labute approximate surface area is 115 Å². The lowest BCUT2D eigenvalue weighted by atomic mass is 10.2. The highest BCUT2D eigenvalue weighted by molar-refractivity contribution is 7.14. The SMILES string of the molecule is CCOC(=O)c1ccsc1NC(=O)C1CNCCO1. The van der Waals surface area contributed by atoms with E-state index in [-0.39, 0.29) is 5.91 Å². The van der Waals surface area contributed by atoms with Crippen LogP contribution in [0.5, 0.6) is 0 Å². The topological polar surface area (TPSA) is 76.7 Å². The van der Waals surface area contributed by atoms with Crippen molar-refractivity contribution in [2.24, 2.45) is 0 Å². The van der Waals surface area contributed by atoms with Gasteiger partial charge in [0.15, 0.2) is 0 Å². The number of carbonyl (C=O) groups is 2.